The molecule has 1 unspecified atom stereocenters. The van der Waals surface area contributed by atoms with Gasteiger partial charge in [-0.2, -0.15) is 0 Å². The van der Waals surface area contributed by atoms with Gasteiger partial charge in [0.15, 0.2) is 0 Å². The first-order valence-corrected chi connectivity index (χ1v) is 5.00. The van der Waals surface area contributed by atoms with Crippen LogP contribution in [0.15, 0.2) is 24.3 Å². The standard InChI is InChI=1S/C9H17BOS/c1-4-6-9(12-11,7-5-2)8(3)10/h4-8,11H,10H2,1-3H3. The molecular weight excluding hydrogens is 167 g/mol. The summed E-state index contributed by atoms with van der Waals surface area (Å²) in [6, 6.07) is 0. The summed E-state index contributed by atoms with van der Waals surface area (Å²) in [7, 11) is 2.10. The molecule has 0 aliphatic heterocycles. The van der Waals surface area contributed by atoms with Crippen LogP contribution in [0, 0.1) is 0 Å². The lowest BCUT2D eigenvalue weighted by atomic mass is 9.77. The molecular formula is C9H17BOS. The van der Waals surface area contributed by atoms with Gasteiger partial charge < -0.3 is 4.55 Å². The largest absolute Gasteiger partial charge is 0.329 e. The second-order valence-corrected chi connectivity index (χ2v) is 3.99. The maximum atomic E-state index is 9.22. The fourth-order valence-electron chi connectivity index (χ4n) is 1.13. The second-order valence-electron chi connectivity index (χ2n) is 3.10. The highest BCUT2D eigenvalue weighted by Crippen LogP contribution is 2.36. The third-order valence-corrected chi connectivity index (χ3v) is 2.97. The summed E-state index contributed by atoms with van der Waals surface area (Å²) < 4.78 is 8.98. The number of hydrogen-bond donors (Lipinski definition) is 1. The summed E-state index contributed by atoms with van der Waals surface area (Å²) in [4.78, 5) is 0. The van der Waals surface area contributed by atoms with Gasteiger partial charge in [0.25, 0.3) is 0 Å². The monoisotopic (exact) mass is 184 g/mol. The van der Waals surface area contributed by atoms with Crippen LogP contribution in [0.1, 0.15) is 20.8 Å². The number of allylic oxidation sites excluding steroid dienone is 2. The molecule has 0 rings (SSSR count). The molecule has 1 atom stereocenters. The number of rotatable bonds is 4. The lowest BCUT2D eigenvalue weighted by Gasteiger charge is -2.27. The van der Waals surface area contributed by atoms with Crippen LogP contribution in [-0.4, -0.2) is 17.1 Å². The highest BCUT2D eigenvalue weighted by Gasteiger charge is 2.27. The maximum Gasteiger partial charge on any atom is 0.107 e. The molecule has 0 bridgehead atoms. The van der Waals surface area contributed by atoms with Gasteiger partial charge in [0, 0.05) is 12.0 Å². The van der Waals surface area contributed by atoms with Crippen molar-refractivity contribution in [1.82, 2.24) is 0 Å². The maximum absolute atomic E-state index is 9.22. The van der Waals surface area contributed by atoms with Gasteiger partial charge in [0.1, 0.15) is 7.85 Å². The van der Waals surface area contributed by atoms with E-state index in [0.717, 1.165) is 12.0 Å². The van der Waals surface area contributed by atoms with E-state index in [1.807, 2.05) is 38.2 Å². The lowest BCUT2D eigenvalue weighted by Crippen LogP contribution is -2.23. The van der Waals surface area contributed by atoms with Gasteiger partial charge in [-0.1, -0.05) is 31.2 Å². The van der Waals surface area contributed by atoms with Gasteiger partial charge in [0.2, 0.25) is 0 Å². The molecule has 3 heteroatoms. The first kappa shape index (κ1) is 11.9. The molecule has 1 N–H and O–H groups in total. The quantitative estimate of drug-likeness (QED) is 0.411. The second kappa shape index (κ2) is 5.49. The Morgan fingerprint density at radius 1 is 1.33 bits per heavy atom. The Morgan fingerprint density at radius 3 is 1.92 bits per heavy atom. The molecule has 0 radical (unpaired) electrons. The van der Waals surface area contributed by atoms with Crippen LogP contribution in [0.4, 0.5) is 0 Å². The molecule has 0 saturated carbocycles. The van der Waals surface area contributed by atoms with Crippen molar-refractivity contribution in [1.29, 1.82) is 0 Å². The van der Waals surface area contributed by atoms with E-state index < -0.39 is 0 Å². The Labute approximate surface area is 80.6 Å². The minimum absolute atomic E-state index is 0.247. The predicted molar refractivity (Wildman–Crippen MR) is 60.5 cm³/mol. The molecule has 1 nitrogen and oxygen atoms in total. The smallest absolute Gasteiger partial charge is 0.107 e. The van der Waals surface area contributed by atoms with Gasteiger partial charge in [-0.05, 0) is 19.7 Å². The van der Waals surface area contributed by atoms with Gasteiger partial charge in [-0.15, -0.1) is 0 Å². The zero-order chi connectivity index (χ0) is 9.61. The third-order valence-electron chi connectivity index (χ3n) is 1.91. The van der Waals surface area contributed by atoms with Gasteiger partial charge in [-0.25, -0.2) is 0 Å². The van der Waals surface area contributed by atoms with E-state index in [0.29, 0.717) is 5.82 Å². The van der Waals surface area contributed by atoms with E-state index >= 15 is 0 Å². The Morgan fingerprint density at radius 2 is 1.75 bits per heavy atom. The average molecular weight is 184 g/mol. The van der Waals surface area contributed by atoms with Gasteiger partial charge in [0.05, 0.1) is 4.75 Å². The van der Waals surface area contributed by atoms with Crippen molar-refractivity contribution in [2.45, 2.75) is 31.3 Å². The van der Waals surface area contributed by atoms with Gasteiger partial charge in [-0.3, -0.25) is 0 Å². The van der Waals surface area contributed by atoms with Crippen LogP contribution >= 0.6 is 12.0 Å². The van der Waals surface area contributed by atoms with Crippen molar-refractivity contribution in [3.63, 3.8) is 0 Å². The third kappa shape index (κ3) is 2.72. The molecule has 0 aliphatic carbocycles. The highest BCUT2D eigenvalue weighted by atomic mass is 32.2. The number of hydrogen-bond acceptors (Lipinski definition) is 2. The molecule has 0 heterocycles. The van der Waals surface area contributed by atoms with Crippen molar-refractivity contribution in [2.75, 3.05) is 0 Å². The van der Waals surface area contributed by atoms with E-state index in [4.69, 9.17) is 0 Å². The summed E-state index contributed by atoms with van der Waals surface area (Å²) in [6.45, 7) is 6.04. The van der Waals surface area contributed by atoms with Crippen LogP contribution in [0.25, 0.3) is 0 Å². The Kier molecular flexibility index (Phi) is 5.43. The molecule has 0 aliphatic rings. The van der Waals surface area contributed by atoms with E-state index in [9.17, 15) is 4.55 Å². The summed E-state index contributed by atoms with van der Waals surface area (Å²) in [5.41, 5.74) is 0. The first-order valence-electron chi connectivity index (χ1n) is 4.23. The minimum atomic E-state index is -0.247. The molecule has 0 aromatic rings. The molecule has 0 saturated heterocycles. The van der Waals surface area contributed by atoms with Crippen molar-refractivity contribution in [2.24, 2.45) is 0 Å². The average Bonchev–Trinajstić information content (AvgIpc) is 2.03. The fourth-order valence-corrected chi connectivity index (χ4v) is 1.73. The van der Waals surface area contributed by atoms with Crippen molar-refractivity contribution >= 4 is 19.9 Å². The predicted octanol–water partition coefficient (Wildman–Crippen LogP) is 2.53. The van der Waals surface area contributed by atoms with Gasteiger partial charge >= 0.3 is 0 Å². The van der Waals surface area contributed by atoms with Crippen LogP contribution in [-0.2, 0) is 0 Å². The first-order chi connectivity index (χ1) is 5.63. The van der Waals surface area contributed by atoms with E-state index in [1.165, 1.54) is 0 Å². The zero-order valence-electron chi connectivity index (χ0n) is 8.24. The summed E-state index contributed by atoms with van der Waals surface area (Å²) in [5.74, 6) is 0.389. The summed E-state index contributed by atoms with van der Waals surface area (Å²) >= 11 is 0.901. The van der Waals surface area contributed by atoms with E-state index in [1.54, 1.807) is 0 Å². The summed E-state index contributed by atoms with van der Waals surface area (Å²) in [6.07, 6.45) is 8.01. The molecule has 0 fully saturated rings. The normalized spacial score (nSPS) is 20.0. The van der Waals surface area contributed by atoms with E-state index in [2.05, 4.69) is 14.8 Å². The molecule has 0 aromatic heterocycles. The Hall–Kier alpha value is -0.145. The van der Waals surface area contributed by atoms with Crippen molar-refractivity contribution in [3.8, 4) is 0 Å². The molecule has 12 heavy (non-hydrogen) atoms. The van der Waals surface area contributed by atoms with Crippen LogP contribution in [0.3, 0.4) is 0 Å². The molecule has 0 amide bonds. The molecule has 68 valence electrons. The van der Waals surface area contributed by atoms with Crippen molar-refractivity contribution < 1.29 is 4.55 Å². The van der Waals surface area contributed by atoms with E-state index in [-0.39, 0.29) is 4.75 Å². The summed E-state index contributed by atoms with van der Waals surface area (Å²) in [5, 5.41) is 0. The minimum Gasteiger partial charge on any atom is -0.329 e. The SMILES string of the molecule is BC(C)C(C=CC)(C=CC)SO. The fraction of sp³-hybridized carbons (Fsp3) is 0.556. The van der Waals surface area contributed by atoms with Crippen molar-refractivity contribution in [3.05, 3.63) is 24.3 Å². The van der Waals surface area contributed by atoms with Crippen LogP contribution in [0.2, 0.25) is 5.82 Å². The van der Waals surface area contributed by atoms with Crippen LogP contribution in [0.5, 0.6) is 0 Å². The molecule has 0 spiro atoms. The topological polar surface area (TPSA) is 20.2 Å². The highest BCUT2D eigenvalue weighted by molar-refractivity contribution is 7.95. The zero-order valence-corrected chi connectivity index (χ0v) is 9.06. The molecule has 0 aromatic carbocycles. The Bertz CT molecular complexity index is 163. The van der Waals surface area contributed by atoms with Crippen LogP contribution < -0.4 is 0 Å². The Balaban J connectivity index is 4.75. The lowest BCUT2D eigenvalue weighted by molar-refractivity contribution is 0.634.